The van der Waals surface area contributed by atoms with Crippen molar-refractivity contribution in [3.8, 4) is 0 Å². The molecule has 5 heteroatoms. The Morgan fingerprint density at radius 2 is 1.26 bits per heavy atom. The van der Waals surface area contributed by atoms with Gasteiger partial charge in [0, 0.05) is 18.3 Å². The molecule has 0 saturated heterocycles. The zero-order valence-electron chi connectivity index (χ0n) is 28.2. The second kappa shape index (κ2) is 28.6. The van der Waals surface area contributed by atoms with Gasteiger partial charge in [-0.15, -0.1) is 0 Å². The second-order valence-electron chi connectivity index (χ2n) is 12.6. The lowest BCUT2D eigenvalue weighted by molar-refractivity contribution is 0.302. The van der Waals surface area contributed by atoms with E-state index >= 15 is 0 Å². The van der Waals surface area contributed by atoms with Crippen LogP contribution in [0, 0.1) is 0 Å². The summed E-state index contributed by atoms with van der Waals surface area (Å²) in [6.45, 7) is 11.4. The summed E-state index contributed by atoms with van der Waals surface area (Å²) in [5.74, 6) is 0. The molecule has 0 aliphatic heterocycles. The van der Waals surface area contributed by atoms with Gasteiger partial charge in [-0.05, 0) is 56.9 Å². The maximum atomic E-state index is 9.51. The summed E-state index contributed by atoms with van der Waals surface area (Å²) in [7, 11) is 0. The molecule has 0 fully saturated rings. The highest BCUT2D eigenvalue weighted by Crippen LogP contribution is 2.26. The number of aliphatic hydroxyl groups is 1. The molecule has 42 heavy (non-hydrogen) atoms. The molecular formula is C37H69N3OS. The summed E-state index contributed by atoms with van der Waals surface area (Å²) in [5.41, 5.74) is 4.71. The molecule has 0 saturated carbocycles. The van der Waals surface area contributed by atoms with Crippen molar-refractivity contribution >= 4 is 17.3 Å². The molecule has 0 aliphatic carbocycles. The number of aromatic nitrogens is 2. The lowest BCUT2D eigenvalue weighted by atomic mass is 9.96. The molecule has 244 valence electrons. The Hall–Kier alpha value is -1.20. The smallest absolute Gasteiger partial charge is 0.103 e. The molecule has 1 rings (SSSR count). The topological polar surface area (TPSA) is 58.0 Å². The standard InChI is InChI=1S/C37H69N3OS/c1-5-8-10-12-13-14-15-16-17-18-19-20-22-23-27-33(4)38-35(26-7-3)31-30-34(28-25-32-41)37-36(39-42-40-37)29-24-21-11-9-6-2/h28,35,38,41H,4-27,29-32H2,1-3H3/b34-28+. The third-order valence-electron chi connectivity index (χ3n) is 8.54. The highest BCUT2D eigenvalue weighted by Gasteiger charge is 2.16. The number of hydrogen-bond acceptors (Lipinski definition) is 5. The first-order chi connectivity index (χ1) is 20.7. The molecule has 0 amide bonds. The first-order valence-electron chi connectivity index (χ1n) is 18.2. The Balaban J connectivity index is 2.32. The lowest BCUT2D eigenvalue weighted by Crippen LogP contribution is -2.28. The van der Waals surface area contributed by atoms with Gasteiger partial charge in [0.2, 0.25) is 0 Å². The molecule has 1 aromatic heterocycles. The SMILES string of the molecule is C=C(CCCCCCCCCCCCCCCC)NC(CCC)CC/C(=C\CCO)c1nsnc1CCCCCCC. The highest BCUT2D eigenvalue weighted by atomic mass is 32.1. The van der Waals surface area contributed by atoms with Gasteiger partial charge in [0.15, 0.2) is 0 Å². The van der Waals surface area contributed by atoms with Crippen molar-refractivity contribution in [2.45, 2.75) is 194 Å². The fraction of sp³-hybridized carbons (Fsp3) is 0.838. The van der Waals surface area contributed by atoms with Crippen LogP contribution >= 0.6 is 11.7 Å². The van der Waals surface area contributed by atoms with Gasteiger partial charge in [-0.25, -0.2) is 0 Å². The van der Waals surface area contributed by atoms with Crippen LogP contribution in [0.1, 0.15) is 193 Å². The second-order valence-corrected chi connectivity index (χ2v) is 13.1. The Labute approximate surface area is 266 Å². The molecule has 0 radical (unpaired) electrons. The van der Waals surface area contributed by atoms with Crippen LogP contribution in [0.2, 0.25) is 0 Å². The van der Waals surface area contributed by atoms with E-state index in [1.165, 1.54) is 151 Å². The number of aryl methyl sites for hydroxylation is 1. The van der Waals surface area contributed by atoms with E-state index in [1.54, 1.807) is 0 Å². The van der Waals surface area contributed by atoms with E-state index in [-0.39, 0.29) is 6.61 Å². The monoisotopic (exact) mass is 604 g/mol. The van der Waals surface area contributed by atoms with E-state index in [9.17, 15) is 5.11 Å². The zero-order chi connectivity index (χ0) is 30.5. The van der Waals surface area contributed by atoms with Crippen LogP contribution in [0.5, 0.6) is 0 Å². The fourth-order valence-electron chi connectivity index (χ4n) is 5.93. The van der Waals surface area contributed by atoms with Gasteiger partial charge in [-0.1, -0.05) is 149 Å². The molecule has 1 heterocycles. The van der Waals surface area contributed by atoms with E-state index in [1.807, 2.05) is 0 Å². The number of aliphatic hydroxyl groups excluding tert-OH is 1. The minimum absolute atomic E-state index is 0.181. The molecular weight excluding hydrogens is 534 g/mol. The summed E-state index contributed by atoms with van der Waals surface area (Å²) in [6, 6.07) is 0.441. The van der Waals surface area contributed by atoms with Crippen LogP contribution in [-0.4, -0.2) is 26.5 Å². The zero-order valence-corrected chi connectivity index (χ0v) is 29.0. The van der Waals surface area contributed by atoms with E-state index in [0.29, 0.717) is 12.5 Å². The Morgan fingerprint density at radius 3 is 1.81 bits per heavy atom. The third-order valence-corrected chi connectivity index (χ3v) is 9.10. The number of rotatable bonds is 31. The highest BCUT2D eigenvalue weighted by molar-refractivity contribution is 6.99. The largest absolute Gasteiger partial charge is 0.396 e. The average molecular weight is 604 g/mol. The molecule has 2 N–H and O–H groups in total. The number of unbranched alkanes of at least 4 members (excludes halogenated alkanes) is 17. The van der Waals surface area contributed by atoms with E-state index < -0.39 is 0 Å². The van der Waals surface area contributed by atoms with Crippen LogP contribution in [-0.2, 0) is 6.42 Å². The van der Waals surface area contributed by atoms with Crippen molar-refractivity contribution < 1.29 is 5.11 Å². The third kappa shape index (κ3) is 20.7. The maximum Gasteiger partial charge on any atom is 0.103 e. The summed E-state index contributed by atoms with van der Waals surface area (Å²) in [4.78, 5) is 0. The number of hydrogen-bond donors (Lipinski definition) is 2. The van der Waals surface area contributed by atoms with E-state index in [0.717, 1.165) is 43.5 Å². The quantitative estimate of drug-likeness (QED) is 0.0829. The summed E-state index contributed by atoms with van der Waals surface area (Å²) in [5, 5.41) is 13.3. The van der Waals surface area contributed by atoms with Crippen molar-refractivity contribution in [2.75, 3.05) is 6.61 Å². The van der Waals surface area contributed by atoms with Gasteiger partial charge < -0.3 is 10.4 Å². The molecule has 4 nitrogen and oxygen atoms in total. The van der Waals surface area contributed by atoms with Crippen LogP contribution in [0.3, 0.4) is 0 Å². The van der Waals surface area contributed by atoms with Gasteiger partial charge >= 0.3 is 0 Å². The number of nitrogens with zero attached hydrogens (tertiary/aromatic N) is 2. The molecule has 0 bridgehead atoms. The van der Waals surface area contributed by atoms with Crippen molar-refractivity contribution in [1.82, 2.24) is 14.1 Å². The number of nitrogens with one attached hydrogen (secondary N) is 1. The Kier molecular flexibility index (Phi) is 26.4. The Bertz CT molecular complexity index is 775. The summed E-state index contributed by atoms with van der Waals surface area (Å²) in [6.07, 6.45) is 35.3. The minimum Gasteiger partial charge on any atom is -0.396 e. The van der Waals surface area contributed by atoms with Crippen LogP contribution in [0.4, 0.5) is 0 Å². The van der Waals surface area contributed by atoms with Gasteiger partial charge in [0.05, 0.1) is 17.4 Å². The average Bonchev–Trinajstić information content (AvgIpc) is 3.45. The van der Waals surface area contributed by atoms with E-state index in [2.05, 4.69) is 43.1 Å². The van der Waals surface area contributed by atoms with Gasteiger partial charge in [-0.3, -0.25) is 0 Å². The molecule has 0 aliphatic rings. The fourth-order valence-corrected chi connectivity index (χ4v) is 6.55. The number of allylic oxidation sites excluding steroid dienone is 2. The molecule has 1 aromatic rings. The molecule has 0 aromatic carbocycles. The lowest BCUT2D eigenvalue weighted by Gasteiger charge is -2.22. The van der Waals surface area contributed by atoms with Crippen molar-refractivity contribution in [2.24, 2.45) is 0 Å². The van der Waals surface area contributed by atoms with Gasteiger partial charge in [0.25, 0.3) is 0 Å². The first kappa shape index (κ1) is 38.8. The van der Waals surface area contributed by atoms with Crippen molar-refractivity contribution in [1.29, 1.82) is 0 Å². The van der Waals surface area contributed by atoms with Crippen LogP contribution in [0.15, 0.2) is 18.4 Å². The van der Waals surface area contributed by atoms with Crippen LogP contribution < -0.4 is 5.32 Å². The maximum absolute atomic E-state index is 9.51. The van der Waals surface area contributed by atoms with Gasteiger partial charge in [0.1, 0.15) is 5.69 Å². The minimum atomic E-state index is 0.181. The predicted octanol–water partition coefficient (Wildman–Crippen LogP) is 11.7. The predicted molar refractivity (Wildman–Crippen MR) is 187 cm³/mol. The summed E-state index contributed by atoms with van der Waals surface area (Å²) >= 11 is 1.34. The van der Waals surface area contributed by atoms with Crippen molar-refractivity contribution in [3.63, 3.8) is 0 Å². The summed E-state index contributed by atoms with van der Waals surface area (Å²) < 4.78 is 9.37. The van der Waals surface area contributed by atoms with Gasteiger partial charge in [-0.2, -0.15) is 8.75 Å². The first-order valence-corrected chi connectivity index (χ1v) is 18.9. The molecule has 0 spiro atoms. The molecule has 1 atom stereocenters. The van der Waals surface area contributed by atoms with E-state index in [4.69, 9.17) is 4.37 Å². The van der Waals surface area contributed by atoms with Crippen LogP contribution in [0.25, 0.3) is 5.57 Å². The Morgan fingerprint density at radius 1 is 0.714 bits per heavy atom. The normalized spacial score (nSPS) is 12.6. The van der Waals surface area contributed by atoms with Crippen molar-refractivity contribution in [3.05, 3.63) is 29.7 Å². The molecule has 1 unspecified atom stereocenters.